The third kappa shape index (κ3) is 5.03. The minimum absolute atomic E-state index is 0. The largest absolute Gasteiger partial charge is 0.466 e. The highest BCUT2D eigenvalue weighted by molar-refractivity contribution is 5.73. The van der Waals surface area contributed by atoms with Crippen LogP contribution in [0.15, 0.2) is 30.3 Å². The first-order valence-corrected chi connectivity index (χ1v) is 5.85. The van der Waals surface area contributed by atoms with Crippen molar-refractivity contribution in [2.45, 2.75) is 34.6 Å². The predicted molar refractivity (Wildman–Crippen MR) is 71.8 cm³/mol. The van der Waals surface area contributed by atoms with Gasteiger partial charge in [-0.05, 0) is 24.8 Å². The van der Waals surface area contributed by atoms with Gasteiger partial charge in [-0.15, -0.1) is 0 Å². The minimum atomic E-state index is -0.0821. The van der Waals surface area contributed by atoms with Crippen LogP contribution < -0.4 is 0 Å². The van der Waals surface area contributed by atoms with Crippen LogP contribution >= 0.6 is 0 Å². The number of rotatable bonds is 5. The van der Waals surface area contributed by atoms with Gasteiger partial charge < -0.3 is 4.74 Å². The fourth-order valence-electron chi connectivity index (χ4n) is 1.71. The van der Waals surface area contributed by atoms with E-state index in [-0.39, 0.29) is 19.3 Å². The molecule has 96 valence electrons. The van der Waals surface area contributed by atoms with E-state index >= 15 is 0 Å². The molecule has 0 radical (unpaired) electrons. The van der Waals surface area contributed by atoms with E-state index in [0.29, 0.717) is 12.5 Å². The number of benzene rings is 1. The van der Waals surface area contributed by atoms with Crippen LogP contribution in [0.25, 0.3) is 0 Å². The number of carbonyl (C=O) groups is 1. The van der Waals surface area contributed by atoms with E-state index < -0.39 is 0 Å². The Labute approximate surface area is 105 Å². The van der Waals surface area contributed by atoms with E-state index in [1.165, 1.54) is 5.56 Å². The van der Waals surface area contributed by atoms with Gasteiger partial charge in [0.25, 0.3) is 0 Å². The van der Waals surface area contributed by atoms with Gasteiger partial charge in [-0.3, -0.25) is 4.79 Å². The predicted octanol–water partition coefficient (Wildman–Crippen LogP) is 3.70. The van der Waals surface area contributed by atoms with Gasteiger partial charge in [-0.1, -0.05) is 51.6 Å². The molecule has 0 spiro atoms. The highest BCUT2D eigenvalue weighted by atomic mass is 16.5. The number of carbonyl (C=O) groups excluding carboxylic acids is 1. The van der Waals surface area contributed by atoms with Crippen molar-refractivity contribution in [2.24, 2.45) is 11.8 Å². The Morgan fingerprint density at radius 2 is 1.82 bits per heavy atom. The lowest BCUT2D eigenvalue weighted by Crippen LogP contribution is -2.25. The molecule has 1 atom stereocenters. The summed E-state index contributed by atoms with van der Waals surface area (Å²) in [5.41, 5.74) is 1.19. The SMILES string of the molecule is C.CCOC(=O)C(Cc1ccccc1)C(C)C. The van der Waals surface area contributed by atoms with E-state index in [9.17, 15) is 4.79 Å². The third-order valence-corrected chi connectivity index (χ3v) is 2.69. The first-order valence-electron chi connectivity index (χ1n) is 5.85. The number of hydrogen-bond acceptors (Lipinski definition) is 2. The summed E-state index contributed by atoms with van der Waals surface area (Å²) in [7, 11) is 0. The van der Waals surface area contributed by atoms with Crippen molar-refractivity contribution < 1.29 is 9.53 Å². The third-order valence-electron chi connectivity index (χ3n) is 2.69. The quantitative estimate of drug-likeness (QED) is 0.729. The van der Waals surface area contributed by atoms with Crippen LogP contribution in [0.5, 0.6) is 0 Å². The van der Waals surface area contributed by atoms with Gasteiger partial charge in [0.15, 0.2) is 0 Å². The fraction of sp³-hybridized carbons (Fsp3) is 0.533. The molecule has 17 heavy (non-hydrogen) atoms. The smallest absolute Gasteiger partial charge is 0.309 e. The number of ether oxygens (including phenoxy) is 1. The molecule has 0 aliphatic heterocycles. The molecule has 0 aliphatic rings. The maximum absolute atomic E-state index is 11.8. The summed E-state index contributed by atoms with van der Waals surface area (Å²) < 4.78 is 5.10. The van der Waals surface area contributed by atoms with E-state index in [1.54, 1.807) is 0 Å². The Morgan fingerprint density at radius 3 is 2.29 bits per heavy atom. The standard InChI is InChI=1S/C14H20O2.CH4/c1-4-16-14(15)13(11(2)3)10-12-8-6-5-7-9-12;/h5-9,11,13H,4,10H2,1-3H3;1H4. The normalized spacial score (nSPS) is 11.8. The van der Waals surface area contributed by atoms with Gasteiger partial charge in [0.05, 0.1) is 12.5 Å². The summed E-state index contributed by atoms with van der Waals surface area (Å²) in [5, 5.41) is 0. The van der Waals surface area contributed by atoms with E-state index in [2.05, 4.69) is 26.0 Å². The van der Waals surface area contributed by atoms with Crippen LogP contribution in [0.3, 0.4) is 0 Å². The van der Waals surface area contributed by atoms with Crippen molar-refractivity contribution in [3.63, 3.8) is 0 Å². The van der Waals surface area contributed by atoms with Gasteiger partial charge >= 0.3 is 5.97 Å². The molecular weight excluding hydrogens is 212 g/mol. The maximum Gasteiger partial charge on any atom is 0.309 e. The minimum Gasteiger partial charge on any atom is -0.466 e. The van der Waals surface area contributed by atoms with Gasteiger partial charge in [0.2, 0.25) is 0 Å². The van der Waals surface area contributed by atoms with Crippen LogP contribution in [-0.2, 0) is 16.0 Å². The van der Waals surface area contributed by atoms with Crippen LogP contribution in [0, 0.1) is 11.8 Å². The molecule has 0 saturated carbocycles. The summed E-state index contributed by atoms with van der Waals surface area (Å²) in [4.78, 5) is 11.8. The first-order chi connectivity index (χ1) is 7.65. The number of esters is 1. The zero-order chi connectivity index (χ0) is 12.0. The molecule has 0 N–H and O–H groups in total. The van der Waals surface area contributed by atoms with Gasteiger partial charge in [-0.25, -0.2) is 0 Å². The highest BCUT2D eigenvalue weighted by Crippen LogP contribution is 2.18. The molecule has 0 bridgehead atoms. The molecule has 1 aromatic carbocycles. The molecule has 1 rings (SSSR count). The molecule has 0 fully saturated rings. The zero-order valence-electron chi connectivity index (χ0n) is 10.3. The van der Waals surface area contributed by atoms with E-state index in [0.717, 1.165) is 6.42 Å². The Balaban J connectivity index is 0.00000256. The van der Waals surface area contributed by atoms with Gasteiger partial charge in [-0.2, -0.15) is 0 Å². The molecule has 0 aliphatic carbocycles. The van der Waals surface area contributed by atoms with Crippen LogP contribution in [0.2, 0.25) is 0 Å². The van der Waals surface area contributed by atoms with Crippen molar-refractivity contribution >= 4 is 5.97 Å². The second kappa shape index (κ2) is 7.88. The van der Waals surface area contributed by atoms with Gasteiger partial charge in [0, 0.05) is 0 Å². The lowest BCUT2D eigenvalue weighted by atomic mass is 9.89. The first kappa shape index (κ1) is 15.7. The Morgan fingerprint density at radius 1 is 1.24 bits per heavy atom. The number of hydrogen-bond donors (Lipinski definition) is 0. The molecule has 0 aromatic heterocycles. The molecule has 1 unspecified atom stereocenters. The molecule has 0 amide bonds. The Kier molecular flexibility index (Phi) is 7.27. The lowest BCUT2D eigenvalue weighted by Gasteiger charge is -2.18. The van der Waals surface area contributed by atoms with Gasteiger partial charge in [0.1, 0.15) is 0 Å². The molecule has 1 aromatic rings. The average Bonchev–Trinajstić information content (AvgIpc) is 2.27. The summed E-state index contributed by atoms with van der Waals surface area (Å²) in [6.07, 6.45) is 0.761. The van der Waals surface area contributed by atoms with E-state index in [1.807, 2.05) is 25.1 Å². The molecule has 2 nitrogen and oxygen atoms in total. The van der Waals surface area contributed by atoms with E-state index in [4.69, 9.17) is 4.74 Å². The van der Waals surface area contributed by atoms with Crippen molar-refractivity contribution in [3.05, 3.63) is 35.9 Å². The van der Waals surface area contributed by atoms with Crippen molar-refractivity contribution in [2.75, 3.05) is 6.61 Å². The summed E-state index contributed by atoms with van der Waals surface area (Å²) in [6.45, 7) is 6.42. The van der Waals surface area contributed by atoms with Crippen molar-refractivity contribution in [1.29, 1.82) is 0 Å². The molecular formula is C15H24O2. The zero-order valence-corrected chi connectivity index (χ0v) is 10.3. The maximum atomic E-state index is 11.8. The second-order valence-corrected chi connectivity index (χ2v) is 4.29. The highest BCUT2D eigenvalue weighted by Gasteiger charge is 2.23. The molecule has 2 heteroatoms. The monoisotopic (exact) mass is 236 g/mol. The molecule has 0 saturated heterocycles. The second-order valence-electron chi connectivity index (χ2n) is 4.29. The van der Waals surface area contributed by atoms with Crippen LogP contribution in [-0.4, -0.2) is 12.6 Å². The molecule has 0 heterocycles. The van der Waals surface area contributed by atoms with Crippen molar-refractivity contribution in [3.8, 4) is 0 Å². The van der Waals surface area contributed by atoms with Crippen LogP contribution in [0.1, 0.15) is 33.8 Å². The fourth-order valence-corrected chi connectivity index (χ4v) is 1.71. The Hall–Kier alpha value is -1.31. The topological polar surface area (TPSA) is 26.3 Å². The van der Waals surface area contributed by atoms with Crippen molar-refractivity contribution in [1.82, 2.24) is 0 Å². The summed E-state index contributed by atoms with van der Waals surface area (Å²) >= 11 is 0. The van der Waals surface area contributed by atoms with Crippen LogP contribution in [0.4, 0.5) is 0 Å². The summed E-state index contributed by atoms with van der Waals surface area (Å²) in [5.74, 6) is 0.183. The Bertz CT molecular complexity index is 317. The summed E-state index contributed by atoms with van der Waals surface area (Å²) in [6, 6.07) is 10.1. The average molecular weight is 236 g/mol. The lowest BCUT2D eigenvalue weighted by molar-refractivity contribution is -0.149.